The summed E-state index contributed by atoms with van der Waals surface area (Å²) in [6.07, 6.45) is 8.04. The van der Waals surface area contributed by atoms with Crippen LogP contribution in [0.2, 0.25) is 0 Å². The molecule has 0 unspecified atom stereocenters. The van der Waals surface area contributed by atoms with E-state index in [0.717, 1.165) is 36.0 Å². The van der Waals surface area contributed by atoms with Gasteiger partial charge in [0.05, 0.1) is 11.0 Å². The first kappa shape index (κ1) is 35.9. The molecule has 58 heavy (non-hydrogen) atoms. The molecule has 9 aromatic rings. The first-order chi connectivity index (χ1) is 28.5. The topological polar surface area (TPSA) is 22.0 Å². The number of nitrogens with zero attached hydrogens (tertiary/aromatic N) is 1. The van der Waals surface area contributed by atoms with Crippen LogP contribution in [0.25, 0.3) is 60.5 Å². The molecule has 1 heterocycles. The summed E-state index contributed by atoms with van der Waals surface area (Å²) < 4.78 is 2.45. The highest BCUT2D eigenvalue weighted by Gasteiger charge is 2.20. The van der Waals surface area contributed by atoms with Crippen LogP contribution in [0.4, 0.5) is 0 Å². The molecule has 8 aromatic carbocycles. The van der Waals surface area contributed by atoms with Gasteiger partial charge in [-0.3, -0.25) is 4.79 Å². The van der Waals surface area contributed by atoms with E-state index in [1.165, 1.54) is 103 Å². The zero-order valence-corrected chi connectivity index (χ0v) is 33.4. The SMILES string of the molecule is CCCCCCc1cccc(-c2ccc(C(=O)c3ccc(-c4ccc5cc6c(cc5c4)Cc4ccc(-n5c7ccccc7c7cccc(C)c75)cc4C6)cc3)cc2)c1. The first-order valence-corrected chi connectivity index (χ1v) is 21.0. The molecule has 10 rings (SSSR count). The van der Waals surface area contributed by atoms with E-state index in [1.807, 2.05) is 24.3 Å². The largest absolute Gasteiger partial charge is 0.309 e. The van der Waals surface area contributed by atoms with Gasteiger partial charge in [-0.2, -0.15) is 0 Å². The quantitative estimate of drug-likeness (QED) is 0.101. The van der Waals surface area contributed by atoms with Gasteiger partial charge in [0.15, 0.2) is 5.78 Å². The third-order valence-corrected chi connectivity index (χ3v) is 12.5. The number of ketones is 1. The van der Waals surface area contributed by atoms with Crippen LogP contribution in [-0.2, 0) is 19.3 Å². The van der Waals surface area contributed by atoms with Crippen LogP contribution in [0.3, 0.4) is 0 Å². The molecule has 2 nitrogen and oxygen atoms in total. The lowest BCUT2D eigenvalue weighted by atomic mass is 9.84. The Morgan fingerprint density at radius 3 is 1.95 bits per heavy atom. The zero-order chi connectivity index (χ0) is 39.2. The summed E-state index contributed by atoms with van der Waals surface area (Å²) in [5, 5.41) is 5.11. The van der Waals surface area contributed by atoms with Crippen LogP contribution in [0.5, 0.6) is 0 Å². The molecule has 1 aromatic heterocycles. The van der Waals surface area contributed by atoms with E-state index >= 15 is 0 Å². The van der Waals surface area contributed by atoms with Crippen LogP contribution in [0, 0.1) is 6.92 Å². The Bertz CT molecular complexity index is 3000. The highest BCUT2D eigenvalue weighted by Crippen LogP contribution is 2.37. The molecule has 0 saturated carbocycles. The number of hydrogen-bond donors (Lipinski definition) is 0. The van der Waals surface area contributed by atoms with E-state index in [1.54, 1.807) is 0 Å². The fraction of sp³-hybridized carbons (Fsp3) is 0.161. The number of aryl methyl sites for hydroxylation is 2. The number of carbonyl (C=O) groups excluding carboxylic acids is 1. The third kappa shape index (κ3) is 6.63. The van der Waals surface area contributed by atoms with E-state index in [0.29, 0.717) is 11.1 Å². The van der Waals surface area contributed by atoms with Crippen LogP contribution in [0.15, 0.2) is 164 Å². The summed E-state index contributed by atoms with van der Waals surface area (Å²) in [6.45, 7) is 4.47. The fourth-order valence-electron chi connectivity index (χ4n) is 9.31. The van der Waals surface area contributed by atoms with Gasteiger partial charge >= 0.3 is 0 Å². The second-order valence-corrected chi connectivity index (χ2v) is 16.3. The summed E-state index contributed by atoms with van der Waals surface area (Å²) in [4.78, 5) is 13.6. The van der Waals surface area contributed by atoms with Gasteiger partial charge in [0.1, 0.15) is 0 Å². The number of benzene rings is 8. The minimum atomic E-state index is 0.0468. The number of aromatic nitrogens is 1. The van der Waals surface area contributed by atoms with Gasteiger partial charge in [-0.25, -0.2) is 0 Å². The van der Waals surface area contributed by atoms with E-state index in [2.05, 4.69) is 158 Å². The van der Waals surface area contributed by atoms with E-state index < -0.39 is 0 Å². The number of para-hydroxylation sites is 2. The molecule has 0 radical (unpaired) electrons. The Morgan fingerprint density at radius 1 is 0.517 bits per heavy atom. The van der Waals surface area contributed by atoms with Crippen LogP contribution < -0.4 is 0 Å². The third-order valence-electron chi connectivity index (χ3n) is 12.5. The molecule has 0 fully saturated rings. The summed E-state index contributed by atoms with van der Waals surface area (Å²) in [6, 6.07) is 59.1. The lowest BCUT2D eigenvalue weighted by molar-refractivity contribution is 0.103. The number of carbonyl (C=O) groups is 1. The average Bonchev–Trinajstić information content (AvgIpc) is 3.61. The molecule has 2 heteroatoms. The second kappa shape index (κ2) is 15.1. The maximum atomic E-state index is 13.6. The summed E-state index contributed by atoms with van der Waals surface area (Å²) >= 11 is 0. The standard InChI is InChI=1S/C56H47NO/c1-3-4-5-6-12-38-13-10-14-43(30-38)39-18-22-41(23-19-39)56(58)42-24-20-40(21-25-42)44-26-27-45-32-49-35-50-36-51(29-28-46(50)33-48(49)34-47(45)31-44)57-54-17-8-7-15-52(54)53-16-9-11-37(2)55(53)57/h7-11,13-32,34,36H,3-6,12,33,35H2,1-2H3. The number of unbranched alkanes of at least 4 members (excludes halogenated alkanes) is 3. The number of fused-ring (bicyclic) bond motifs is 6. The maximum absolute atomic E-state index is 13.6. The van der Waals surface area contributed by atoms with Crippen molar-refractivity contribution in [2.24, 2.45) is 0 Å². The van der Waals surface area contributed by atoms with Crippen LogP contribution in [0.1, 0.15) is 81.9 Å². The molecule has 1 aliphatic carbocycles. The maximum Gasteiger partial charge on any atom is 0.193 e. The van der Waals surface area contributed by atoms with Crippen molar-refractivity contribution < 1.29 is 4.79 Å². The lowest BCUT2D eigenvalue weighted by Crippen LogP contribution is -2.09. The summed E-state index contributed by atoms with van der Waals surface area (Å²) in [5.41, 5.74) is 18.1. The van der Waals surface area contributed by atoms with Gasteiger partial charge in [-0.15, -0.1) is 0 Å². The molecule has 0 saturated heterocycles. The lowest BCUT2D eigenvalue weighted by Gasteiger charge is -2.22. The second-order valence-electron chi connectivity index (χ2n) is 16.3. The molecule has 0 atom stereocenters. The van der Waals surface area contributed by atoms with Gasteiger partial charge in [0.2, 0.25) is 0 Å². The zero-order valence-electron chi connectivity index (χ0n) is 33.4. The molecule has 282 valence electrons. The van der Waals surface area contributed by atoms with Gasteiger partial charge in [0.25, 0.3) is 0 Å². The van der Waals surface area contributed by atoms with E-state index in [-0.39, 0.29) is 5.78 Å². The molecule has 0 amide bonds. The van der Waals surface area contributed by atoms with Crippen molar-refractivity contribution in [2.75, 3.05) is 0 Å². The average molecular weight is 750 g/mol. The molecule has 0 spiro atoms. The van der Waals surface area contributed by atoms with E-state index in [9.17, 15) is 4.79 Å². The van der Waals surface area contributed by atoms with Gasteiger partial charge in [-0.1, -0.05) is 166 Å². The van der Waals surface area contributed by atoms with Gasteiger partial charge in [-0.05, 0) is 123 Å². The Hall–Kier alpha value is -6.51. The van der Waals surface area contributed by atoms with Crippen molar-refractivity contribution in [3.05, 3.63) is 208 Å². The Balaban J connectivity index is 0.861. The minimum absolute atomic E-state index is 0.0468. The first-order valence-electron chi connectivity index (χ1n) is 21.0. The fourth-order valence-corrected chi connectivity index (χ4v) is 9.31. The Morgan fingerprint density at radius 2 is 1.17 bits per heavy atom. The predicted octanol–water partition coefficient (Wildman–Crippen LogP) is 14.4. The van der Waals surface area contributed by atoms with Crippen molar-refractivity contribution in [3.63, 3.8) is 0 Å². The van der Waals surface area contributed by atoms with Crippen LogP contribution >= 0.6 is 0 Å². The molecule has 0 N–H and O–H groups in total. The molecular formula is C56H47NO. The highest BCUT2D eigenvalue weighted by molar-refractivity contribution is 6.10. The Labute approximate surface area is 341 Å². The van der Waals surface area contributed by atoms with Crippen molar-refractivity contribution in [1.29, 1.82) is 0 Å². The van der Waals surface area contributed by atoms with Crippen molar-refractivity contribution >= 4 is 38.4 Å². The number of hydrogen-bond acceptors (Lipinski definition) is 1. The normalized spacial score (nSPS) is 12.2. The predicted molar refractivity (Wildman–Crippen MR) is 244 cm³/mol. The minimum Gasteiger partial charge on any atom is -0.309 e. The summed E-state index contributed by atoms with van der Waals surface area (Å²) in [7, 11) is 0. The summed E-state index contributed by atoms with van der Waals surface area (Å²) in [5.74, 6) is 0.0468. The monoisotopic (exact) mass is 749 g/mol. The highest BCUT2D eigenvalue weighted by atomic mass is 16.1. The smallest absolute Gasteiger partial charge is 0.193 e. The van der Waals surface area contributed by atoms with Crippen molar-refractivity contribution in [3.8, 4) is 27.9 Å². The van der Waals surface area contributed by atoms with E-state index in [4.69, 9.17) is 0 Å². The van der Waals surface area contributed by atoms with Crippen molar-refractivity contribution in [2.45, 2.75) is 58.8 Å². The van der Waals surface area contributed by atoms with Crippen molar-refractivity contribution in [1.82, 2.24) is 4.57 Å². The number of rotatable bonds is 10. The molecular weight excluding hydrogens is 703 g/mol. The van der Waals surface area contributed by atoms with Gasteiger partial charge < -0.3 is 4.57 Å². The molecule has 0 aliphatic heterocycles. The molecule has 1 aliphatic rings. The van der Waals surface area contributed by atoms with Crippen LogP contribution in [-0.4, -0.2) is 10.4 Å². The van der Waals surface area contributed by atoms with Gasteiger partial charge in [0, 0.05) is 27.6 Å². The molecule has 0 bridgehead atoms. The Kier molecular flexibility index (Phi) is 9.34.